The Hall–Kier alpha value is -3.62. The van der Waals surface area contributed by atoms with Crippen LogP contribution >= 0.6 is 0 Å². The van der Waals surface area contributed by atoms with Gasteiger partial charge < -0.3 is 15.7 Å². The number of carbonyl (C=O) groups is 3. The summed E-state index contributed by atoms with van der Waals surface area (Å²) in [5, 5.41) is 13.0. The lowest BCUT2D eigenvalue weighted by Crippen LogP contribution is -2.47. The Labute approximate surface area is 164 Å². The average molecular weight is 406 g/mol. The second-order valence-electron chi connectivity index (χ2n) is 5.97. The van der Waals surface area contributed by atoms with E-state index in [1.54, 1.807) is 48.5 Å². The van der Waals surface area contributed by atoms with Crippen molar-refractivity contribution in [1.82, 2.24) is 10.6 Å². The van der Waals surface area contributed by atoms with Crippen LogP contribution in [0.5, 0.6) is 0 Å². The van der Waals surface area contributed by atoms with E-state index in [1.165, 1.54) is 17.4 Å². The zero-order chi connectivity index (χ0) is 21.4. The molecule has 0 saturated carbocycles. The molecule has 1 atom stereocenters. The molecule has 0 spiro atoms. The minimum absolute atomic E-state index is 0.0895. The zero-order valence-corrected chi connectivity index (χ0v) is 14.9. The maximum absolute atomic E-state index is 12.6. The van der Waals surface area contributed by atoms with Gasteiger partial charge in [0, 0.05) is 6.42 Å². The number of amides is 2. The third-order valence-corrected chi connectivity index (χ3v) is 3.75. The summed E-state index contributed by atoms with van der Waals surface area (Å²) in [5.41, 5.74) is 0.223. The number of nitrogens with one attached hydrogen (secondary N) is 2. The first-order valence-corrected chi connectivity index (χ1v) is 8.39. The smallest absolute Gasteiger partial charge is 0.471 e. The molecule has 0 heterocycles. The predicted molar refractivity (Wildman–Crippen MR) is 98.3 cm³/mol. The van der Waals surface area contributed by atoms with Crippen molar-refractivity contribution in [2.75, 3.05) is 0 Å². The van der Waals surface area contributed by atoms with Crippen LogP contribution in [-0.2, 0) is 20.8 Å². The summed E-state index contributed by atoms with van der Waals surface area (Å²) in [6.07, 6.45) is -4.28. The summed E-state index contributed by atoms with van der Waals surface area (Å²) in [6, 6.07) is 14.8. The van der Waals surface area contributed by atoms with Crippen molar-refractivity contribution < 1.29 is 32.7 Å². The molecule has 2 aromatic carbocycles. The molecule has 29 heavy (non-hydrogen) atoms. The lowest BCUT2D eigenvalue weighted by atomic mass is 10.1. The van der Waals surface area contributed by atoms with Crippen LogP contribution in [0.3, 0.4) is 0 Å². The molecule has 0 bridgehead atoms. The van der Waals surface area contributed by atoms with Crippen LogP contribution in [0.25, 0.3) is 6.08 Å². The molecule has 2 rings (SSSR count). The van der Waals surface area contributed by atoms with Gasteiger partial charge in [-0.15, -0.1) is 0 Å². The quantitative estimate of drug-likeness (QED) is 0.616. The van der Waals surface area contributed by atoms with Crippen LogP contribution in [0.15, 0.2) is 66.4 Å². The Morgan fingerprint density at radius 2 is 1.52 bits per heavy atom. The van der Waals surface area contributed by atoms with Gasteiger partial charge in [0.05, 0.1) is 0 Å². The molecular formula is C20H17F3N2O4. The first-order chi connectivity index (χ1) is 13.7. The number of rotatable bonds is 7. The second-order valence-corrected chi connectivity index (χ2v) is 5.97. The van der Waals surface area contributed by atoms with Crippen LogP contribution in [0.1, 0.15) is 11.1 Å². The Balaban J connectivity index is 2.26. The van der Waals surface area contributed by atoms with Crippen molar-refractivity contribution in [3.63, 3.8) is 0 Å². The van der Waals surface area contributed by atoms with Gasteiger partial charge in [0.15, 0.2) is 0 Å². The number of carboxylic acids is 1. The molecule has 2 amide bonds. The summed E-state index contributed by atoms with van der Waals surface area (Å²) in [5.74, 6) is -4.87. The van der Waals surface area contributed by atoms with Gasteiger partial charge in [-0.25, -0.2) is 4.79 Å². The van der Waals surface area contributed by atoms with E-state index in [0.717, 1.165) is 6.08 Å². The van der Waals surface area contributed by atoms with Crippen molar-refractivity contribution in [3.8, 4) is 0 Å². The first-order valence-electron chi connectivity index (χ1n) is 8.39. The molecule has 152 valence electrons. The molecular weight excluding hydrogens is 389 g/mol. The Bertz CT molecular complexity index is 897. The lowest BCUT2D eigenvalue weighted by molar-refractivity contribution is -0.172. The fourth-order valence-electron chi connectivity index (χ4n) is 2.35. The zero-order valence-electron chi connectivity index (χ0n) is 14.9. The van der Waals surface area contributed by atoms with E-state index in [1.807, 2.05) is 0 Å². The molecule has 3 N–H and O–H groups in total. The van der Waals surface area contributed by atoms with Crippen molar-refractivity contribution in [1.29, 1.82) is 0 Å². The normalized spacial score (nSPS) is 12.7. The number of hydrogen-bond donors (Lipinski definition) is 3. The number of carboxylic acid groups (broad SMARTS) is 1. The third-order valence-electron chi connectivity index (χ3n) is 3.75. The Morgan fingerprint density at radius 3 is 2.03 bits per heavy atom. The van der Waals surface area contributed by atoms with Gasteiger partial charge in [-0.05, 0) is 17.2 Å². The van der Waals surface area contributed by atoms with Crippen LogP contribution in [0.2, 0.25) is 0 Å². The van der Waals surface area contributed by atoms with E-state index in [2.05, 4.69) is 5.32 Å². The molecule has 0 aromatic heterocycles. The fourth-order valence-corrected chi connectivity index (χ4v) is 2.35. The molecule has 0 fully saturated rings. The molecule has 6 nitrogen and oxygen atoms in total. The molecule has 0 aliphatic carbocycles. The van der Waals surface area contributed by atoms with E-state index in [9.17, 15) is 32.7 Å². The fraction of sp³-hybridized carbons (Fsp3) is 0.150. The third kappa shape index (κ3) is 6.80. The largest absolute Gasteiger partial charge is 0.480 e. The van der Waals surface area contributed by atoms with Crippen molar-refractivity contribution >= 4 is 23.9 Å². The Kier molecular flexibility index (Phi) is 7.13. The summed E-state index contributed by atoms with van der Waals surface area (Å²) < 4.78 is 37.9. The highest BCUT2D eigenvalue weighted by Crippen LogP contribution is 2.16. The lowest BCUT2D eigenvalue weighted by Gasteiger charge is -2.17. The van der Waals surface area contributed by atoms with Gasteiger partial charge in [-0.3, -0.25) is 9.59 Å². The van der Waals surface area contributed by atoms with E-state index in [0.29, 0.717) is 11.1 Å². The highest BCUT2D eigenvalue weighted by atomic mass is 19.4. The maximum Gasteiger partial charge on any atom is 0.471 e. The molecule has 0 aliphatic heterocycles. The molecule has 0 saturated heterocycles. The SMILES string of the molecule is O=C(N[C@@H](Cc1ccccc1)C(=O)O)C(=Cc1ccccc1)NC(=O)C(F)(F)F. The van der Waals surface area contributed by atoms with Crippen LogP contribution in [0, 0.1) is 0 Å². The molecule has 0 aliphatic rings. The second kappa shape index (κ2) is 9.54. The number of hydrogen-bond acceptors (Lipinski definition) is 3. The minimum Gasteiger partial charge on any atom is -0.480 e. The van der Waals surface area contributed by atoms with Gasteiger partial charge in [-0.1, -0.05) is 60.7 Å². The van der Waals surface area contributed by atoms with Gasteiger partial charge in [-0.2, -0.15) is 13.2 Å². The summed E-state index contributed by atoms with van der Waals surface area (Å²) in [6.45, 7) is 0. The van der Waals surface area contributed by atoms with Crippen molar-refractivity contribution in [3.05, 3.63) is 77.5 Å². The van der Waals surface area contributed by atoms with Crippen LogP contribution < -0.4 is 10.6 Å². The monoisotopic (exact) mass is 406 g/mol. The topological polar surface area (TPSA) is 95.5 Å². The standard InChI is InChI=1S/C20H17F3N2O4/c21-20(22,23)19(29)25-15(11-13-7-3-1-4-8-13)17(26)24-16(18(27)28)12-14-9-5-2-6-10-14/h1-11,16H,12H2,(H,24,26)(H,25,29)(H,27,28)/t16-/m0/s1. The van der Waals surface area contributed by atoms with Gasteiger partial charge in [0.2, 0.25) is 0 Å². The van der Waals surface area contributed by atoms with Crippen LogP contribution in [0.4, 0.5) is 13.2 Å². The summed E-state index contributed by atoms with van der Waals surface area (Å²) in [4.78, 5) is 35.3. The van der Waals surface area contributed by atoms with E-state index >= 15 is 0 Å². The number of benzene rings is 2. The Morgan fingerprint density at radius 1 is 0.966 bits per heavy atom. The summed E-state index contributed by atoms with van der Waals surface area (Å²) >= 11 is 0. The number of alkyl halides is 3. The highest BCUT2D eigenvalue weighted by molar-refractivity contribution is 6.03. The van der Waals surface area contributed by atoms with E-state index in [4.69, 9.17) is 0 Å². The van der Waals surface area contributed by atoms with Crippen molar-refractivity contribution in [2.45, 2.75) is 18.6 Å². The minimum atomic E-state index is -5.22. The molecule has 0 unspecified atom stereocenters. The molecule has 0 radical (unpaired) electrons. The van der Waals surface area contributed by atoms with Crippen LogP contribution in [-0.4, -0.2) is 35.1 Å². The maximum atomic E-state index is 12.6. The highest BCUT2D eigenvalue weighted by Gasteiger charge is 2.40. The predicted octanol–water partition coefficient (Wildman–Crippen LogP) is 2.52. The van der Waals surface area contributed by atoms with Crippen molar-refractivity contribution in [2.24, 2.45) is 0 Å². The van der Waals surface area contributed by atoms with Gasteiger partial charge in [0.1, 0.15) is 11.7 Å². The summed E-state index contributed by atoms with van der Waals surface area (Å²) in [7, 11) is 0. The number of aliphatic carboxylic acids is 1. The van der Waals surface area contributed by atoms with E-state index in [-0.39, 0.29) is 6.42 Å². The average Bonchev–Trinajstić information content (AvgIpc) is 2.67. The van der Waals surface area contributed by atoms with Gasteiger partial charge >= 0.3 is 18.1 Å². The molecule has 9 heteroatoms. The first kappa shape index (κ1) is 21.7. The molecule has 2 aromatic rings. The van der Waals surface area contributed by atoms with Gasteiger partial charge in [0.25, 0.3) is 5.91 Å². The van der Waals surface area contributed by atoms with E-state index < -0.39 is 35.7 Å². The number of carbonyl (C=O) groups excluding carboxylic acids is 2. The number of halogens is 3.